The lowest BCUT2D eigenvalue weighted by Crippen LogP contribution is -2.33. The molecule has 1 aromatic heterocycles. The first-order valence-corrected chi connectivity index (χ1v) is 6.38. The molecule has 2 atom stereocenters. The minimum Gasteiger partial charge on any atom is -0.311 e. The molecule has 0 aliphatic heterocycles. The normalized spacial score (nSPS) is 19.7. The van der Waals surface area contributed by atoms with Gasteiger partial charge in [0.25, 0.3) is 0 Å². The van der Waals surface area contributed by atoms with Gasteiger partial charge in [0, 0.05) is 25.3 Å². The van der Waals surface area contributed by atoms with E-state index in [1.807, 2.05) is 17.9 Å². The van der Waals surface area contributed by atoms with Crippen LogP contribution in [0.1, 0.15) is 38.7 Å². The number of aromatic nitrogens is 2. The van der Waals surface area contributed by atoms with E-state index in [0.29, 0.717) is 6.04 Å². The number of rotatable bonds is 6. The SMILES string of the molecule is CC(CCc1cnn(C)c1)C(C)NC1CC1. The van der Waals surface area contributed by atoms with Gasteiger partial charge in [0.15, 0.2) is 0 Å². The van der Waals surface area contributed by atoms with Gasteiger partial charge in [-0.25, -0.2) is 0 Å². The molecule has 1 aliphatic rings. The lowest BCUT2D eigenvalue weighted by Gasteiger charge is -2.20. The minimum absolute atomic E-state index is 0.643. The van der Waals surface area contributed by atoms with Crippen LogP contribution in [0.2, 0.25) is 0 Å². The maximum Gasteiger partial charge on any atom is 0.0521 e. The van der Waals surface area contributed by atoms with E-state index in [1.54, 1.807) is 0 Å². The Morgan fingerprint density at radius 1 is 1.50 bits per heavy atom. The van der Waals surface area contributed by atoms with Crippen LogP contribution in [0, 0.1) is 5.92 Å². The lowest BCUT2D eigenvalue weighted by molar-refractivity contribution is 0.377. The fourth-order valence-corrected chi connectivity index (χ4v) is 2.03. The Kier molecular flexibility index (Phi) is 3.64. The van der Waals surface area contributed by atoms with Crippen LogP contribution in [0.5, 0.6) is 0 Å². The second kappa shape index (κ2) is 5.00. The molecule has 3 heteroatoms. The summed E-state index contributed by atoms with van der Waals surface area (Å²) in [6.07, 6.45) is 9.23. The predicted octanol–water partition coefficient (Wildman–Crippen LogP) is 2.13. The molecule has 90 valence electrons. The van der Waals surface area contributed by atoms with Crippen molar-refractivity contribution in [2.75, 3.05) is 0 Å². The standard InChI is InChI=1S/C13H23N3/c1-10(11(2)15-13-6-7-13)4-5-12-8-14-16(3)9-12/h8-11,13,15H,4-7H2,1-3H3. The van der Waals surface area contributed by atoms with Crippen molar-refractivity contribution in [2.24, 2.45) is 13.0 Å². The van der Waals surface area contributed by atoms with Crippen LogP contribution in [0.15, 0.2) is 12.4 Å². The maximum atomic E-state index is 4.20. The molecule has 1 aliphatic carbocycles. The van der Waals surface area contributed by atoms with Crippen molar-refractivity contribution in [1.82, 2.24) is 15.1 Å². The molecule has 0 saturated heterocycles. The Labute approximate surface area is 98.2 Å². The maximum absolute atomic E-state index is 4.20. The second-order valence-corrected chi connectivity index (χ2v) is 5.27. The first kappa shape index (κ1) is 11.6. The third-order valence-electron chi connectivity index (χ3n) is 3.58. The predicted molar refractivity (Wildman–Crippen MR) is 66.3 cm³/mol. The summed E-state index contributed by atoms with van der Waals surface area (Å²) in [5, 5.41) is 7.87. The van der Waals surface area contributed by atoms with Gasteiger partial charge in [-0.3, -0.25) is 4.68 Å². The molecule has 1 saturated carbocycles. The highest BCUT2D eigenvalue weighted by Gasteiger charge is 2.24. The second-order valence-electron chi connectivity index (χ2n) is 5.27. The molecule has 0 spiro atoms. The van der Waals surface area contributed by atoms with Crippen LogP contribution in [-0.2, 0) is 13.5 Å². The molecule has 1 aromatic rings. The Bertz CT molecular complexity index is 328. The fourth-order valence-electron chi connectivity index (χ4n) is 2.03. The number of hydrogen-bond donors (Lipinski definition) is 1. The smallest absolute Gasteiger partial charge is 0.0521 e. The highest BCUT2D eigenvalue weighted by molar-refractivity contribution is 5.03. The summed E-state index contributed by atoms with van der Waals surface area (Å²) in [6.45, 7) is 4.66. The van der Waals surface area contributed by atoms with Gasteiger partial charge in [0.05, 0.1) is 6.20 Å². The van der Waals surface area contributed by atoms with Crippen molar-refractivity contribution < 1.29 is 0 Å². The zero-order valence-electron chi connectivity index (χ0n) is 10.6. The van der Waals surface area contributed by atoms with Crippen LogP contribution in [0.4, 0.5) is 0 Å². The van der Waals surface area contributed by atoms with Crippen molar-refractivity contribution >= 4 is 0 Å². The topological polar surface area (TPSA) is 29.9 Å². The van der Waals surface area contributed by atoms with Gasteiger partial charge in [-0.05, 0) is 44.1 Å². The number of aryl methyl sites for hydroxylation is 2. The van der Waals surface area contributed by atoms with Crippen LogP contribution in [0.3, 0.4) is 0 Å². The monoisotopic (exact) mass is 221 g/mol. The van der Waals surface area contributed by atoms with Crippen molar-refractivity contribution in [3.8, 4) is 0 Å². The van der Waals surface area contributed by atoms with E-state index in [-0.39, 0.29) is 0 Å². The van der Waals surface area contributed by atoms with Crippen LogP contribution >= 0.6 is 0 Å². The summed E-state index contributed by atoms with van der Waals surface area (Å²) < 4.78 is 1.88. The number of nitrogens with zero attached hydrogens (tertiary/aromatic N) is 2. The van der Waals surface area contributed by atoms with E-state index in [0.717, 1.165) is 18.4 Å². The molecule has 1 N–H and O–H groups in total. The summed E-state index contributed by atoms with van der Waals surface area (Å²) in [5.41, 5.74) is 1.35. The average Bonchev–Trinajstić information content (AvgIpc) is 2.96. The van der Waals surface area contributed by atoms with E-state index in [4.69, 9.17) is 0 Å². The van der Waals surface area contributed by atoms with E-state index in [1.165, 1.54) is 24.8 Å². The molecule has 2 unspecified atom stereocenters. The van der Waals surface area contributed by atoms with Gasteiger partial charge >= 0.3 is 0 Å². The molecule has 0 aromatic carbocycles. The zero-order chi connectivity index (χ0) is 11.5. The van der Waals surface area contributed by atoms with Gasteiger partial charge in [-0.2, -0.15) is 5.10 Å². The first-order chi connectivity index (χ1) is 7.65. The molecule has 0 amide bonds. The Balaban J connectivity index is 1.71. The largest absolute Gasteiger partial charge is 0.311 e. The van der Waals surface area contributed by atoms with Crippen LogP contribution < -0.4 is 5.32 Å². The summed E-state index contributed by atoms with van der Waals surface area (Å²) in [5.74, 6) is 0.737. The highest BCUT2D eigenvalue weighted by atomic mass is 15.2. The van der Waals surface area contributed by atoms with E-state index >= 15 is 0 Å². The van der Waals surface area contributed by atoms with E-state index in [9.17, 15) is 0 Å². The lowest BCUT2D eigenvalue weighted by atomic mass is 9.96. The van der Waals surface area contributed by atoms with Gasteiger partial charge in [-0.1, -0.05) is 6.92 Å². The number of nitrogens with one attached hydrogen (secondary N) is 1. The van der Waals surface area contributed by atoms with E-state index in [2.05, 4.69) is 30.5 Å². The molecular formula is C13H23N3. The summed E-state index contributed by atoms with van der Waals surface area (Å²) in [7, 11) is 1.98. The average molecular weight is 221 g/mol. The van der Waals surface area contributed by atoms with Gasteiger partial charge < -0.3 is 5.32 Å². The van der Waals surface area contributed by atoms with Crippen LogP contribution in [-0.4, -0.2) is 21.9 Å². The highest BCUT2D eigenvalue weighted by Crippen LogP contribution is 2.22. The first-order valence-electron chi connectivity index (χ1n) is 6.38. The van der Waals surface area contributed by atoms with E-state index < -0.39 is 0 Å². The Morgan fingerprint density at radius 3 is 2.81 bits per heavy atom. The fraction of sp³-hybridized carbons (Fsp3) is 0.769. The molecule has 3 nitrogen and oxygen atoms in total. The molecule has 1 heterocycles. The zero-order valence-corrected chi connectivity index (χ0v) is 10.6. The minimum atomic E-state index is 0.643. The van der Waals surface area contributed by atoms with Gasteiger partial charge in [0.1, 0.15) is 0 Å². The van der Waals surface area contributed by atoms with Crippen molar-refractivity contribution in [1.29, 1.82) is 0 Å². The third kappa shape index (κ3) is 3.34. The number of hydrogen-bond acceptors (Lipinski definition) is 2. The molecule has 1 fully saturated rings. The van der Waals surface area contributed by atoms with Gasteiger partial charge in [-0.15, -0.1) is 0 Å². The quantitative estimate of drug-likeness (QED) is 0.797. The van der Waals surface area contributed by atoms with Crippen molar-refractivity contribution in [3.05, 3.63) is 18.0 Å². The van der Waals surface area contributed by atoms with Crippen molar-refractivity contribution in [2.45, 2.75) is 51.6 Å². The molecule has 16 heavy (non-hydrogen) atoms. The summed E-state index contributed by atoms with van der Waals surface area (Å²) in [6, 6.07) is 1.46. The Hall–Kier alpha value is -0.830. The summed E-state index contributed by atoms with van der Waals surface area (Å²) in [4.78, 5) is 0. The van der Waals surface area contributed by atoms with Gasteiger partial charge in [0.2, 0.25) is 0 Å². The molecule has 2 rings (SSSR count). The van der Waals surface area contributed by atoms with Crippen LogP contribution in [0.25, 0.3) is 0 Å². The van der Waals surface area contributed by atoms with Crippen molar-refractivity contribution in [3.63, 3.8) is 0 Å². The molecule has 0 radical (unpaired) electrons. The molecule has 0 bridgehead atoms. The third-order valence-corrected chi connectivity index (χ3v) is 3.58. The Morgan fingerprint density at radius 2 is 2.25 bits per heavy atom. The summed E-state index contributed by atoms with van der Waals surface area (Å²) >= 11 is 0. The molecular weight excluding hydrogens is 198 g/mol.